The normalized spacial score (nSPS) is 14.0. The zero-order valence-electron chi connectivity index (χ0n) is 12.2. The summed E-state index contributed by atoms with van der Waals surface area (Å²) in [6.07, 6.45) is 2.36. The molecule has 0 aromatic carbocycles. The molecule has 0 radical (unpaired) electrons. The third-order valence-corrected chi connectivity index (χ3v) is 3.76. The van der Waals surface area contributed by atoms with E-state index < -0.39 is 0 Å². The molecule has 1 heterocycles. The van der Waals surface area contributed by atoms with Crippen LogP contribution in [0.2, 0.25) is 0 Å². The molecule has 1 aliphatic carbocycles. The van der Waals surface area contributed by atoms with Crippen molar-refractivity contribution in [1.82, 2.24) is 15.0 Å². The van der Waals surface area contributed by atoms with Gasteiger partial charge < -0.3 is 21.7 Å². The smallest absolute Gasteiger partial charge is 0.258 e. The van der Waals surface area contributed by atoms with Gasteiger partial charge >= 0.3 is 0 Å². The topological polar surface area (TPSA) is 109 Å². The molecule has 0 atom stereocenters. The molecule has 0 spiro atoms. The highest BCUT2D eigenvalue weighted by Gasteiger charge is 2.27. The van der Waals surface area contributed by atoms with Crippen molar-refractivity contribution in [2.75, 3.05) is 17.6 Å². The van der Waals surface area contributed by atoms with Crippen molar-refractivity contribution in [2.24, 2.45) is 0 Å². The molecular formula is C13H21N5O2S. The molecule has 1 fully saturated rings. The maximum absolute atomic E-state index is 12.1. The standard InChI is InChI=1S/C13H21N5O2S/c1-7(2)16-9(19)5-6-15-13-10(11(14)18-21-13)12(20)17-8-3-4-8/h7-8,15H,3-6H2,1-2H3,(H2,14,18)(H,16,19)(H,17,20). The van der Waals surface area contributed by atoms with Crippen molar-refractivity contribution in [3.63, 3.8) is 0 Å². The molecule has 2 amide bonds. The first-order valence-electron chi connectivity index (χ1n) is 7.06. The minimum Gasteiger partial charge on any atom is -0.382 e. The van der Waals surface area contributed by atoms with E-state index in [1.54, 1.807) is 0 Å². The highest BCUT2D eigenvalue weighted by atomic mass is 32.1. The largest absolute Gasteiger partial charge is 0.382 e. The fraction of sp³-hybridized carbons (Fsp3) is 0.615. The molecule has 2 rings (SSSR count). The van der Waals surface area contributed by atoms with E-state index in [2.05, 4.69) is 20.3 Å². The Morgan fingerprint density at radius 2 is 2.14 bits per heavy atom. The van der Waals surface area contributed by atoms with E-state index in [0.717, 1.165) is 24.4 Å². The molecule has 0 bridgehead atoms. The summed E-state index contributed by atoms with van der Waals surface area (Å²) in [6.45, 7) is 4.26. The van der Waals surface area contributed by atoms with Gasteiger partial charge in [0, 0.05) is 25.0 Å². The van der Waals surface area contributed by atoms with Gasteiger partial charge in [0.1, 0.15) is 10.6 Å². The van der Waals surface area contributed by atoms with Gasteiger partial charge in [-0.3, -0.25) is 9.59 Å². The maximum atomic E-state index is 12.1. The second-order valence-corrected chi connectivity index (χ2v) is 6.19. The zero-order valence-corrected chi connectivity index (χ0v) is 13.0. The highest BCUT2D eigenvalue weighted by Crippen LogP contribution is 2.28. The van der Waals surface area contributed by atoms with Crippen molar-refractivity contribution in [3.05, 3.63) is 5.56 Å². The Morgan fingerprint density at radius 1 is 1.43 bits per heavy atom. The summed E-state index contributed by atoms with van der Waals surface area (Å²) < 4.78 is 4.01. The van der Waals surface area contributed by atoms with Gasteiger partial charge in [-0.2, -0.15) is 4.37 Å². The van der Waals surface area contributed by atoms with E-state index in [4.69, 9.17) is 5.73 Å². The number of hydrogen-bond donors (Lipinski definition) is 4. The first-order valence-corrected chi connectivity index (χ1v) is 7.84. The number of carbonyl (C=O) groups is 2. The van der Waals surface area contributed by atoms with Crippen LogP contribution in [0, 0.1) is 0 Å². The van der Waals surface area contributed by atoms with Crippen LogP contribution in [0.1, 0.15) is 43.5 Å². The number of nitrogen functional groups attached to an aromatic ring is 1. The van der Waals surface area contributed by atoms with Crippen LogP contribution in [-0.4, -0.2) is 34.8 Å². The van der Waals surface area contributed by atoms with E-state index in [1.807, 2.05) is 13.8 Å². The minimum atomic E-state index is -0.196. The average Bonchev–Trinajstić information content (AvgIpc) is 3.11. The summed E-state index contributed by atoms with van der Waals surface area (Å²) >= 11 is 1.14. The minimum absolute atomic E-state index is 0.0287. The van der Waals surface area contributed by atoms with Gasteiger partial charge in [-0.15, -0.1) is 0 Å². The Bertz CT molecular complexity index is 525. The first-order chi connectivity index (χ1) is 9.97. The number of nitrogens with one attached hydrogen (secondary N) is 3. The van der Waals surface area contributed by atoms with Crippen molar-refractivity contribution in [2.45, 2.75) is 45.2 Å². The molecule has 1 aromatic rings. The molecule has 1 aromatic heterocycles. The Labute approximate surface area is 127 Å². The van der Waals surface area contributed by atoms with Gasteiger partial charge in [0.2, 0.25) is 5.91 Å². The van der Waals surface area contributed by atoms with Gasteiger partial charge in [0.15, 0.2) is 5.82 Å². The van der Waals surface area contributed by atoms with Crippen molar-refractivity contribution < 1.29 is 9.59 Å². The van der Waals surface area contributed by atoms with Crippen LogP contribution in [0.4, 0.5) is 10.8 Å². The summed E-state index contributed by atoms with van der Waals surface area (Å²) in [4.78, 5) is 23.7. The number of rotatable bonds is 7. The summed E-state index contributed by atoms with van der Waals surface area (Å²) in [6, 6.07) is 0.387. The number of hydrogen-bond acceptors (Lipinski definition) is 6. The van der Waals surface area contributed by atoms with Crippen LogP contribution in [0.15, 0.2) is 0 Å². The van der Waals surface area contributed by atoms with Crippen LogP contribution in [0.25, 0.3) is 0 Å². The van der Waals surface area contributed by atoms with E-state index in [1.165, 1.54) is 0 Å². The lowest BCUT2D eigenvalue weighted by atomic mass is 10.2. The van der Waals surface area contributed by atoms with Gasteiger partial charge in [0.05, 0.1) is 0 Å². The zero-order chi connectivity index (χ0) is 15.4. The maximum Gasteiger partial charge on any atom is 0.258 e. The van der Waals surface area contributed by atoms with Crippen molar-refractivity contribution >= 4 is 34.2 Å². The van der Waals surface area contributed by atoms with Gasteiger partial charge in [-0.05, 0) is 38.2 Å². The highest BCUT2D eigenvalue weighted by molar-refractivity contribution is 7.11. The molecule has 1 aliphatic rings. The van der Waals surface area contributed by atoms with Gasteiger partial charge in [-0.1, -0.05) is 0 Å². The Balaban J connectivity index is 1.88. The fourth-order valence-corrected chi connectivity index (χ4v) is 2.55. The molecule has 8 heteroatoms. The average molecular weight is 311 g/mol. The number of amides is 2. The molecule has 0 unspecified atom stereocenters. The van der Waals surface area contributed by atoms with Crippen LogP contribution in [0.5, 0.6) is 0 Å². The van der Waals surface area contributed by atoms with E-state index in [0.29, 0.717) is 23.5 Å². The van der Waals surface area contributed by atoms with Crippen molar-refractivity contribution in [1.29, 1.82) is 0 Å². The third kappa shape index (κ3) is 4.59. The van der Waals surface area contributed by atoms with E-state index in [-0.39, 0.29) is 29.7 Å². The predicted octanol–water partition coefficient (Wildman–Crippen LogP) is 0.944. The molecular weight excluding hydrogens is 290 g/mol. The monoisotopic (exact) mass is 311 g/mol. The van der Waals surface area contributed by atoms with Gasteiger partial charge in [0.25, 0.3) is 5.91 Å². The molecule has 5 N–H and O–H groups in total. The van der Waals surface area contributed by atoms with Crippen LogP contribution in [0.3, 0.4) is 0 Å². The molecule has 7 nitrogen and oxygen atoms in total. The molecule has 21 heavy (non-hydrogen) atoms. The number of carbonyl (C=O) groups excluding carboxylic acids is 2. The molecule has 0 aliphatic heterocycles. The molecule has 0 saturated heterocycles. The summed E-state index contributed by atoms with van der Waals surface area (Å²) in [5, 5.41) is 9.38. The SMILES string of the molecule is CC(C)NC(=O)CCNc1snc(N)c1C(=O)NC1CC1. The molecule has 1 saturated carbocycles. The van der Waals surface area contributed by atoms with Crippen molar-refractivity contribution in [3.8, 4) is 0 Å². The lowest BCUT2D eigenvalue weighted by molar-refractivity contribution is -0.121. The first kappa shape index (κ1) is 15.6. The van der Waals surface area contributed by atoms with E-state index >= 15 is 0 Å². The molecule has 116 valence electrons. The van der Waals surface area contributed by atoms with E-state index in [9.17, 15) is 9.59 Å². The Morgan fingerprint density at radius 3 is 2.76 bits per heavy atom. The Kier molecular flexibility index (Phi) is 5.00. The van der Waals surface area contributed by atoms with Gasteiger partial charge in [-0.25, -0.2) is 0 Å². The van der Waals surface area contributed by atoms with Crippen LogP contribution < -0.4 is 21.7 Å². The summed E-state index contributed by atoms with van der Waals surface area (Å²) in [5.41, 5.74) is 6.14. The third-order valence-electron chi connectivity index (χ3n) is 2.95. The Hall–Kier alpha value is -1.83. The lowest BCUT2D eigenvalue weighted by Gasteiger charge is -2.09. The fourth-order valence-electron chi connectivity index (χ4n) is 1.81. The van der Waals surface area contributed by atoms with Crippen LogP contribution >= 0.6 is 11.5 Å². The summed E-state index contributed by atoms with van der Waals surface area (Å²) in [5.74, 6) is 0.00383. The number of nitrogens with zero attached hydrogens (tertiary/aromatic N) is 1. The predicted molar refractivity (Wildman–Crippen MR) is 83.4 cm³/mol. The lowest BCUT2D eigenvalue weighted by Crippen LogP contribution is -2.31. The number of nitrogens with two attached hydrogens (primary N) is 1. The quantitative estimate of drug-likeness (QED) is 0.599. The second kappa shape index (κ2) is 6.75. The summed E-state index contributed by atoms with van der Waals surface area (Å²) in [7, 11) is 0. The number of aromatic nitrogens is 1. The second-order valence-electron chi connectivity index (χ2n) is 5.42. The van der Waals surface area contributed by atoms with Crippen LogP contribution in [-0.2, 0) is 4.79 Å². The number of anilines is 2.